The maximum absolute atomic E-state index is 6.07. The summed E-state index contributed by atoms with van der Waals surface area (Å²) >= 11 is 0. The van der Waals surface area contributed by atoms with Crippen molar-refractivity contribution in [2.24, 2.45) is 0 Å². The highest BCUT2D eigenvalue weighted by Crippen LogP contribution is 2.24. The number of hydrogen-bond donors (Lipinski definition) is 1. The highest BCUT2D eigenvalue weighted by atomic mass is 16.5. The van der Waals surface area contributed by atoms with Crippen molar-refractivity contribution < 1.29 is 9.47 Å². The van der Waals surface area contributed by atoms with E-state index >= 15 is 0 Å². The number of ether oxygens (including phenoxy) is 2. The van der Waals surface area contributed by atoms with E-state index in [0.29, 0.717) is 6.10 Å². The fourth-order valence-electron chi connectivity index (χ4n) is 2.63. The lowest BCUT2D eigenvalue weighted by Crippen LogP contribution is -2.34. The smallest absolute Gasteiger partial charge is 0.123 e. The van der Waals surface area contributed by atoms with Crippen molar-refractivity contribution >= 4 is 0 Å². The second-order valence-electron chi connectivity index (χ2n) is 5.93. The Kier molecular flexibility index (Phi) is 5.44. The maximum atomic E-state index is 6.07. The summed E-state index contributed by atoms with van der Waals surface area (Å²) in [4.78, 5) is 0. The lowest BCUT2D eigenvalue weighted by atomic mass is 10.1. The molecule has 0 aliphatic carbocycles. The number of benzene rings is 1. The molecule has 1 aliphatic heterocycles. The summed E-state index contributed by atoms with van der Waals surface area (Å²) in [7, 11) is 0. The van der Waals surface area contributed by atoms with Crippen molar-refractivity contribution in [2.45, 2.75) is 52.7 Å². The van der Waals surface area contributed by atoms with Crippen LogP contribution in [0, 0.1) is 20.8 Å². The Hall–Kier alpha value is -1.06. The molecule has 0 spiro atoms. The van der Waals surface area contributed by atoms with Gasteiger partial charge in [-0.3, -0.25) is 0 Å². The predicted octanol–water partition coefficient (Wildman–Crippen LogP) is 3.15. The summed E-state index contributed by atoms with van der Waals surface area (Å²) in [6.45, 7) is 11.2. The van der Waals surface area contributed by atoms with Crippen molar-refractivity contribution in [2.75, 3.05) is 19.7 Å². The van der Waals surface area contributed by atoms with Crippen LogP contribution in [0.3, 0.4) is 0 Å². The first kappa shape index (κ1) is 15.3. The first-order valence-corrected chi connectivity index (χ1v) is 7.63. The minimum Gasteiger partial charge on any atom is -0.489 e. The molecule has 3 nitrogen and oxygen atoms in total. The highest BCUT2D eigenvalue weighted by Gasteiger charge is 2.15. The van der Waals surface area contributed by atoms with Gasteiger partial charge in [-0.2, -0.15) is 0 Å². The van der Waals surface area contributed by atoms with E-state index < -0.39 is 0 Å². The quantitative estimate of drug-likeness (QED) is 0.866. The zero-order valence-electron chi connectivity index (χ0n) is 13.2. The van der Waals surface area contributed by atoms with Gasteiger partial charge >= 0.3 is 0 Å². The average molecular weight is 277 g/mol. The Morgan fingerprint density at radius 2 is 2.15 bits per heavy atom. The van der Waals surface area contributed by atoms with Crippen LogP contribution < -0.4 is 10.1 Å². The van der Waals surface area contributed by atoms with Crippen LogP contribution in [0.15, 0.2) is 12.1 Å². The Labute approximate surface area is 122 Å². The molecule has 0 aromatic heterocycles. The van der Waals surface area contributed by atoms with Crippen LogP contribution in [0.2, 0.25) is 0 Å². The van der Waals surface area contributed by atoms with Crippen LogP contribution >= 0.6 is 0 Å². The zero-order chi connectivity index (χ0) is 14.5. The highest BCUT2D eigenvalue weighted by molar-refractivity contribution is 5.42. The molecule has 1 aliphatic rings. The summed E-state index contributed by atoms with van der Waals surface area (Å²) < 4.78 is 11.7. The zero-order valence-corrected chi connectivity index (χ0v) is 13.2. The van der Waals surface area contributed by atoms with Gasteiger partial charge in [0.1, 0.15) is 11.9 Å². The molecular formula is C17H27NO2. The van der Waals surface area contributed by atoms with E-state index in [4.69, 9.17) is 9.47 Å². The Morgan fingerprint density at radius 1 is 1.35 bits per heavy atom. The molecule has 2 unspecified atom stereocenters. The van der Waals surface area contributed by atoms with Gasteiger partial charge in [-0.25, -0.2) is 0 Å². The van der Waals surface area contributed by atoms with Gasteiger partial charge in [-0.05, 0) is 63.3 Å². The van der Waals surface area contributed by atoms with Gasteiger partial charge in [-0.1, -0.05) is 6.07 Å². The van der Waals surface area contributed by atoms with E-state index in [2.05, 4.69) is 45.1 Å². The van der Waals surface area contributed by atoms with Gasteiger partial charge in [0.2, 0.25) is 0 Å². The van der Waals surface area contributed by atoms with E-state index in [0.717, 1.165) is 25.4 Å². The van der Waals surface area contributed by atoms with Gasteiger partial charge in [0, 0.05) is 19.7 Å². The molecule has 0 saturated carbocycles. The summed E-state index contributed by atoms with van der Waals surface area (Å²) in [5.41, 5.74) is 3.78. The topological polar surface area (TPSA) is 30.5 Å². The monoisotopic (exact) mass is 277 g/mol. The van der Waals surface area contributed by atoms with E-state index in [1.165, 1.54) is 29.5 Å². The van der Waals surface area contributed by atoms with Crippen molar-refractivity contribution in [1.29, 1.82) is 0 Å². The molecule has 1 fully saturated rings. The largest absolute Gasteiger partial charge is 0.489 e. The normalized spacial score (nSPS) is 20.1. The molecule has 0 radical (unpaired) electrons. The fourth-order valence-corrected chi connectivity index (χ4v) is 2.63. The minimum atomic E-state index is 0.163. The van der Waals surface area contributed by atoms with Crippen LogP contribution in [-0.2, 0) is 4.74 Å². The third-order valence-electron chi connectivity index (χ3n) is 3.92. The first-order valence-electron chi connectivity index (χ1n) is 7.63. The second-order valence-corrected chi connectivity index (χ2v) is 5.93. The Balaban J connectivity index is 1.80. The average Bonchev–Trinajstić information content (AvgIpc) is 2.88. The standard InChI is InChI=1S/C17H27NO2/c1-12-8-13(2)15(4)17(9-12)20-14(3)10-18-11-16-6-5-7-19-16/h8-9,14,16,18H,5-7,10-11H2,1-4H3. The van der Waals surface area contributed by atoms with Crippen LogP contribution in [0.1, 0.15) is 36.5 Å². The Bertz CT molecular complexity index is 439. The van der Waals surface area contributed by atoms with E-state index in [9.17, 15) is 0 Å². The van der Waals surface area contributed by atoms with Crippen LogP contribution in [0.25, 0.3) is 0 Å². The number of hydrogen-bond acceptors (Lipinski definition) is 3. The molecule has 1 aromatic rings. The first-order chi connectivity index (χ1) is 9.56. The van der Waals surface area contributed by atoms with Gasteiger partial charge in [-0.15, -0.1) is 0 Å². The van der Waals surface area contributed by atoms with E-state index in [-0.39, 0.29) is 6.10 Å². The van der Waals surface area contributed by atoms with Gasteiger partial charge in [0.05, 0.1) is 6.10 Å². The van der Waals surface area contributed by atoms with Crippen LogP contribution in [0.5, 0.6) is 5.75 Å². The molecule has 1 N–H and O–H groups in total. The number of aryl methyl sites for hydroxylation is 2. The third-order valence-corrected chi connectivity index (χ3v) is 3.92. The van der Waals surface area contributed by atoms with Crippen molar-refractivity contribution in [3.05, 3.63) is 28.8 Å². The fraction of sp³-hybridized carbons (Fsp3) is 0.647. The molecule has 2 rings (SSSR count). The van der Waals surface area contributed by atoms with Crippen molar-refractivity contribution in [1.82, 2.24) is 5.32 Å². The van der Waals surface area contributed by atoms with E-state index in [1.54, 1.807) is 0 Å². The lowest BCUT2D eigenvalue weighted by molar-refractivity contribution is 0.106. The van der Waals surface area contributed by atoms with Crippen LogP contribution in [-0.4, -0.2) is 31.9 Å². The third kappa shape index (κ3) is 4.22. The molecule has 3 heteroatoms. The summed E-state index contributed by atoms with van der Waals surface area (Å²) in [5.74, 6) is 1.01. The summed E-state index contributed by atoms with van der Waals surface area (Å²) in [6.07, 6.45) is 2.93. The molecule has 0 bridgehead atoms. The number of nitrogens with one attached hydrogen (secondary N) is 1. The van der Waals surface area contributed by atoms with Crippen LogP contribution in [0.4, 0.5) is 0 Å². The molecule has 1 aromatic carbocycles. The van der Waals surface area contributed by atoms with Gasteiger partial charge in [0.25, 0.3) is 0 Å². The Morgan fingerprint density at radius 3 is 2.85 bits per heavy atom. The minimum absolute atomic E-state index is 0.163. The predicted molar refractivity (Wildman–Crippen MR) is 82.6 cm³/mol. The summed E-state index contributed by atoms with van der Waals surface area (Å²) in [5, 5.41) is 3.45. The lowest BCUT2D eigenvalue weighted by Gasteiger charge is -2.19. The van der Waals surface area contributed by atoms with Crippen molar-refractivity contribution in [3.63, 3.8) is 0 Å². The second kappa shape index (κ2) is 7.09. The number of rotatable bonds is 6. The molecule has 112 valence electrons. The molecule has 1 heterocycles. The van der Waals surface area contributed by atoms with Crippen molar-refractivity contribution in [3.8, 4) is 5.75 Å². The molecule has 1 saturated heterocycles. The van der Waals surface area contributed by atoms with Gasteiger partial charge < -0.3 is 14.8 Å². The molecular weight excluding hydrogens is 250 g/mol. The molecule has 2 atom stereocenters. The molecule has 0 amide bonds. The summed E-state index contributed by atoms with van der Waals surface area (Å²) in [6, 6.07) is 4.32. The van der Waals surface area contributed by atoms with Gasteiger partial charge in [0.15, 0.2) is 0 Å². The SMILES string of the molecule is Cc1cc(C)c(C)c(OC(C)CNCC2CCCO2)c1. The van der Waals surface area contributed by atoms with E-state index in [1.807, 2.05) is 0 Å². The maximum Gasteiger partial charge on any atom is 0.123 e. The molecule has 20 heavy (non-hydrogen) atoms.